The van der Waals surface area contributed by atoms with Crippen LogP contribution in [-0.2, 0) is 0 Å². The third-order valence-corrected chi connectivity index (χ3v) is 3.33. The van der Waals surface area contributed by atoms with Gasteiger partial charge >= 0.3 is 0 Å². The first-order valence-electron chi connectivity index (χ1n) is 6.97. The molecule has 2 rings (SSSR count). The maximum absolute atomic E-state index is 11.7. The van der Waals surface area contributed by atoms with Crippen LogP contribution < -0.4 is 4.74 Å². The molecule has 0 heterocycles. The van der Waals surface area contributed by atoms with Crippen molar-refractivity contribution in [1.29, 1.82) is 0 Å². The van der Waals surface area contributed by atoms with E-state index < -0.39 is 21.4 Å². The molecular weight excluding hydrogens is 332 g/mol. The molecule has 0 fully saturated rings. The SMILES string of the molecule is CC(=O)c1cc([N+](=O)[O-])ccc1Oc1ccc([N+](=O)[O-])cc1C(C)=O. The summed E-state index contributed by atoms with van der Waals surface area (Å²) < 4.78 is 5.55. The number of nitro benzene ring substituents is 2. The molecule has 0 unspecified atom stereocenters. The van der Waals surface area contributed by atoms with Gasteiger partial charge in [0.1, 0.15) is 11.5 Å². The van der Waals surface area contributed by atoms with Crippen molar-refractivity contribution in [1.82, 2.24) is 0 Å². The number of nitrogens with zero attached hydrogens (tertiary/aromatic N) is 2. The number of ether oxygens (including phenoxy) is 1. The molecule has 0 aromatic heterocycles. The fraction of sp³-hybridized carbons (Fsp3) is 0.125. The molecule has 0 aliphatic heterocycles. The summed E-state index contributed by atoms with van der Waals surface area (Å²) in [5, 5.41) is 21.7. The molecule has 0 N–H and O–H groups in total. The molecule has 0 bridgehead atoms. The van der Waals surface area contributed by atoms with Gasteiger partial charge in [0.05, 0.1) is 21.0 Å². The molecule has 0 aliphatic carbocycles. The molecule has 0 aliphatic rings. The van der Waals surface area contributed by atoms with E-state index >= 15 is 0 Å². The zero-order valence-corrected chi connectivity index (χ0v) is 13.2. The zero-order chi connectivity index (χ0) is 18.7. The van der Waals surface area contributed by atoms with E-state index in [0.29, 0.717) is 0 Å². The third-order valence-electron chi connectivity index (χ3n) is 3.33. The second-order valence-electron chi connectivity index (χ2n) is 5.09. The summed E-state index contributed by atoms with van der Waals surface area (Å²) in [6, 6.07) is 6.91. The van der Waals surface area contributed by atoms with Gasteiger partial charge in [-0.15, -0.1) is 0 Å². The highest BCUT2D eigenvalue weighted by Crippen LogP contribution is 2.33. The van der Waals surface area contributed by atoms with Crippen LogP contribution in [0.25, 0.3) is 0 Å². The highest BCUT2D eigenvalue weighted by Gasteiger charge is 2.19. The molecule has 0 radical (unpaired) electrons. The Morgan fingerprint density at radius 3 is 1.44 bits per heavy atom. The highest BCUT2D eigenvalue weighted by atomic mass is 16.6. The van der Waals surface area contributed by atoms with Crippen molar-refractivity contribution in [3.63, 3.8) is 0 Å². The number of rotatable bonds is 6. The van der Waals surface area contributed by atoms with Gasteiger partial charge in [0.25, 0.3) is 11.4 Å². The minimum absolute atomic E-state index is 0.00875. The van der Waals surface area contributed by atoms with Crippen molar-refractivity contribution in [2.45, 2.75) is 13.8 Å². The van der Waals surface area contributed by atoms with E-state index in [1.807, 2.05) is 0 Å². The average molecular weight is 344 g/mol. The predicted molar refractivity (Wildman–Crippen MR) is 86.3 cm³/mol. The van der Waals surface area contributed by atoms with Crippen molar-refractivity contribution in [3.8, 4) is 11.5 Å². The van der Waals surface area contributed by atoms with Gasteiger partial charge in [-0.3, -0.25) is 29.8 Å². The van der Waals surface area contributed by atoms with Crippen LogP contribution in [-0.4, -0.2) is 21.4 Å². The van der Waals surface area contributed by atoms with Crippen LogP contribution in [0.2, 0.25) is 0 Å². The fourth-order valence-corrected chi connectivity index (χ4v) is 2.11. The topological polar surface area (TPSA) is 130 Å². The highest BCUT2D eigenvalue weighted by molar-refractivity contribution is 5.99. The van der Waals surface area contributed by atoms with Crippen LogP contribution in [0, 0.1) is 20.2 Å². The number of nitro groups is 2. The smallest absolute Gasteiger partial charge is 0.270 e. The number of Topliss-reactive ketones (excluding diaryl/α,β-unsaturated/α-hetero) is 2. The number of carbonyl (C=O) groups excluding carboxylic acids is 2. The molecule has 0 saturated carbocycles. The van der Waals surface area contributed by atoms with Crippen LogP contribution in [0.1, 0.15) is 34.6 Å². The Balaban J connectivity index is 2.52. The normalized spacial score (nSPS) is 10.2. The largest absolute Gasteiger partial charge is 0.456 e. The Kier molecular flexibility index (Phi) is 4.87. The Labute approximate surface area is 141 Å². The number of hydrogen-bond acceptors (Lipinski definition) is 7. The number of carbonyl (C=O) groups is 2. The molecule has 128 valence electrons. The summed E-state index contributed by atoms with van der Waals surface area (Å²) in [5.74, 6) is -0.918. The van der Waals surface area contributed by atoms with Crippen LogP contribution in [0.4, 0.5) is 11.4 Å². The molecule has 0 amide bonds. The Hall–Kier alpha value is -3.62. The van der Waals surface area contributed by atoms with Crippen molar-refractivity contribution in [2.75, 3.05) is 0 Å². The quantitative estimate of drug-likeness (QED) is 0.443. The minimum atomic E-state index is -0.650. The standard InChI is InChI=1S/C16H12N2O7/c1-9(19)13-7-11(17(21)22)3-5-15(13)25-16-6-4-12(18(23)24)8-14(16)10(2)20/h3-8H,1-2H3. The Morgan fingerprint density at radius 2 is 1.16 bits per heavy atom. The van der Waals surface area contributed by atoms with E-state index in [4.69, 9.17) is 4.74 Å². The van der Waals surface area contributed by atoms with Gasteiger partial charge in [-0.1, -0.05) is 0 Å². The van der Waals surface area contributed by atoms with E-state index in [9.17, 15) is 29.8 Å². The van der Waals surface area contributed by atoms with E-state index in [0.717, 1.165) is 24.3 Å². The summed E-state index contributed by atoms with van der Waals surface area (Å²) >= 11 is 0. The molecule has 9 heteroatoms. The molecule has 0 atom stereocenters. The molecule has 2 aromatic rings. The maximum Gasteiger partial charge on any atom is 0.270 e. The van der Waals surface area contributed by atoms with Gasteiger partial charge in [0.15, 0.2) is 11.6 Å². The van der Waals surface area contributed by atoms with Crippen LogP contribution in [0.5, 0.6) is 11.5 Å². The summed E-state index contributed by atoms with van der Waals surface area (Å²) in [6.07, 6.45) is 0. The number of benzene rings is 2. The second kappa shape index (κ2) is 6.87. The molecule has 0 spiro atoms. The lowest BCUT2D eigenvalue weighted by Gasteiger charge is -2.12. The van der Waals surface area contributed by atoms with Crippen molar-refractivity contribution in [3.05, 3.63) is 67.8 Å². The van der Waals surface area contributed by atoms with Gasteiger partial charge < -0.3 is 4.74 Å². The predicted octanol–water partition coefficient (Wildman–Crippen LogP) is 3.70. The van der Waals surface area contributed by atoms with Crippen LogP contribution in [0.15, 0.2) is 36.4 Å². The molecule has 25 heavy (non-hydrogen) atoms. The number of non-ortho nitro benzene ring substituents is 2. The van der Waals surface area contributed by atoms with Crippen LogP contribution in [0.3, 0.4) is 0 Å². The first-order valence-corrected chi connectivity index (χ1v) is 6.97. The van der Waals surface area contributed by atoms with Crippen LogP contribution >= 0.6 is 0 Å². The lowest BCUT2D eigenvalue weighted by atomic mass is 10.1. The summed E-state index contributed by atoms with van der Waals surface area (Å²) in [5.41, 5.74) is -0.648. The summed E-state index contributed by atoms with van der Waals surface area (Å²) in [4.78, 5) is 43.8. The molecule has 2 aromatic carbocycles. The Morgan fingerprint density at radius 1 is 0.800 bits per heavy atom. The maximum atomic E-state index is 11.7. The van der Waals surface area contributed by atoms with E-state index in [-0.39, 0.29) is 34.0 Å². The Bertz CT molecular complexity index is 832. The minimum Gasteiger partial charge on any atom is -0.456 e. The fourth-order valence-electron chi connectivity index (χ4n) is 2.11. The first kappa shape index (κ1) is 17.7. The average Bonchev–Trinajstić information content (AvgIpc) is 2.54. The van der Waals surface area contributed by atoms with Gasteiger partial charge in [-0.05, 0) is 26.0 Å². The van der Waals surface area contributed by atoms with Crippen molar-refractivity contribution >= 4 is 22.9 Å². The second-order valence-corrected chi connectivity index (χ2v) is 5.09. The first-order chi connectivity index (χ1) is 11.7. The van der Waals surface area contributed by atoms with Gasteiger partial charge in [-0.2, -0.15) is 0 Å². The van der Waals surface area contributed by atoms with E-state index in [1.54, 1.807) is 0 Å². The molecule has 0 saturated heterocycles. The van der Waals surface area contributed by atoms with Gasteiger partial charge in [0, 0.05) is 24.3 Å². The summed E-state index contributed by atoms with van der Waals surface area (Å²) in [7, 11) is 0. The third kappa shape index (κ3) is 3.83. The molecular formula is C16H12N2O7. The zero-order valence-electron chi connectivity index (χ0n) is 13.2. The van der Waals surface area contributed by atoms with Crippen molar-refractivity contribution in [2.24, 2.45) is 0 Å². The van der Waals surface area contributed by atoms with Crippen molar-refractivity contribution < 1.29 is 24.2 Å². The van der Waals surface area contributed by atoms with E-state index in [1.165, 1.54) is 26.0 Å². The number of ketones is 2. The lowest BCUT2D eigenvalue weighted by molar-refractivity contribution is -0.385. The van der Waals surface area contributed by atoms with Gasteiger partial charge in [0.2, 0.25) is 0 Å². The summed E-state index contributed by atoms with van der Waals surface area (Å²) in [6.45, 7) is 2.43. The monoisotopic (exact) mass is 344 g/mol. The number of hydrogen-bond donors (Lipinski definition) is 0. The van der Waals surface area contributed by atoms with Gasteiger partial charge in [-0.25, -0.2) is 0 Å². The van der Waals surface area contributed by atoms with E-state index in [2.05, 4.69) is 0 Å². The lowest BCUT2D eigenvalue weighted by Crippen LogP contribution is -2.03. The molecule has 9 nitrogen and oxygen atoms in total.